The number of nitrogens with zero attached hydrogens (tertiary/aromatic N) is 3. The van der Waals surface area contributed by atoms with Gasteiger partial charge in [0.2, 0.25) is 35.4 Å². The van der Waals surface area contributed by atoms with Crippen molar-refractivity contribution in [2.24, 2.45) is 34.0 Å². The Morgan fingerprint density at radius 3 is 2.10 bits per heavy atom. The van der Waals surface area contributed by atoms with E-state index >= 15 is 0 Å². The van der Waals surface area contributed by atoms with Crippen LogP contribution in [0, 0.1) is 11.8 Å². The molecule has 63 heavy (non-hydrogen) atoms. The van der Waals surface area contributed by atoms with Crippen molar-refractivity contribution in [3.05, 3.63) is 54.1 Å². The molecule has 1 aromatic carbocycles. The van der Waals surface area contributed by atoms with Crippen LogP contribution in [0.4, 0.5) is 0 Å². The van der Waals surface area contributed by atoms with Gasteiger partial charge in [-0.3, -0.25) is 38.6 Å². The predicted molar refractivity (Wildman–Crippen MR) is 229 cm³/mol. The van der Waals surface area contributed by atoms with Crippen LogP contribution in [0.2, 0.25) is 0 Å². The number of imidazole rings is 1. The summed E-state index contributed by atoms with van der Waals surface area (Å²) in [6.45, 7) is 7.01. The molecule has 0 spiro atoms. The van der Waals surface area contributed by atoms with E-state index in [1.165, 1.54) is 17.4 Å². The van der Waals surface area contributed by atoms with Crippen LogP contribution in [0.15, 0.2) is 47.8 Å². The zero-order chi connectivity index (χ0) is 46.8. The summed E-state index contributed by atoms with van der Waals surface area (Å²) in [5.41, 5.74) is 17.8. The Morgan fingerprint density at radius 1 is 0.857 bits per heavy atom. The summed E-state index contributed by atoms with van der Waals surface area (Å²) in [5.74, 6) is -8.64. The zero-order valence-corrected chi connectivity index (χ0v) is 36.0. The van der Waals surface area contributed by atoms with Gasteiger partial charge in [0.15, 0.2) is 5.96 Å². The summed E-state index contributed by atoms with van der Waals surface area (Å²) in [7, 11) is 0. The number of carboxylic acid groups (broad SMARTS) is 2. The minimum absolute atomic E-state index is 0.00797. The number of carbonyl (C=O) groups excluding carboxylic acids is 6. The average molecular weight is 883 g/mol. The molecule has 346 valence electrons. The maximum atomic E-state index is 14.3. The SMILES string of the molecule is CC[C@H](C)[C@H](NC(=O)[C@H](CC(=O)O)NC(=O)[C@@H](NC(=O)[C@@H](N)CCCN=C(N)N)C(C)C)C(=O)N[C@@H](Cc1cnc[nH]1)C(=O)N1CCC[C@H]1C(=O)N[C@@H](Cc1ccccc1)C(=O)O. The molecule has 3 rings (SSSR count). The molecule has 0 saturated carbocycles. The second-order valence-corrected chi connectivity index (χ2v) is 15.9. The first-order valence-electron chi connectivity index (χ1n) is 20.9. The highest BCUT2D eigenvalue weighted by molar-refractivity contribution is 5.98. The third-order valence-corrected chi connectivity index (χ3v) is 10.7. The number of likely N-dealkylation sites (tertiary alicyclic amines) is 1. The lowest BCUT2D eigenvalue weighted by Gasteiger charge is -2.31. The molecule has 0 radical (unpaired) electrons. The van der Waals surface area contributed by atoms with Crippen molar-refractivity contribution in [3.63, 3.8) is 0 Å². The van der Waals surface area contributed by atoms with Gasteiger partial charge in [0, 0.05) is 37.8 Å². The number of amides is 6. The Morgan fingerprint density at radius 2 is 1.51 bits per heavy atom. The summed E-state index contributed by atoms with van der Waals surface area (Å²) in [4.78, 5) is 119. The molecule has 1 aromatic heterocycles. The number of hydrogen-bond acceptors (Lipinski definition) is 11. The molecular weight excluding hydrogens is 821 g/mol. The van der Waals surface area contributed by atoms with Gasteiger partial charge in [-0.15, -0.1) is 0 Å². The van der Waals surface area contributed by atoms with Crippen LogP contribution in [0.25, 0.3) is 0 Å². The molecule has 22 nitrogen and oxygen atoms in total. The van der Waals surface area contributed by atoms with Gasteiger partial charge in [-0.25, -0.2) is 9.78 Å². The summed E-state index contributed by atoms with van der Waals surface area (Å²) < 4.78 is 0. The Labute approximate surface area is 365 Å². The fraction of sp³-hybridized carbons (Fsp3) is 0.561. The van der Waals surface area contributed by atoms with Gasteiger partial charge >= 0.3 is 11.9 Å². The number of H-pyrrole nitrogens is 1. The van der Waals surface area contributed by atoms with Crippen LogP contribution < -0.4 is 43.8 Å². The van der Waals surface area contributed by atoms with E-state index in [4.69, 9.17) is 17.2 Å². The molecule has 1 aliphatic rings. The topological polar surface area (TPSA) is 360 Å². The van der Waals surface area contributed by atoms with Crippen molar-refractivity contribution in [1.29, 1.82) is 0 Å². The number of aliphatic imine (C=N–C) groups is 1. The van der Waals surface area contributed by atoms with Crippen molar-refractivity contribution in [2.45, 2.75) is 121 Å². The lowest BCUT2D eigenvalue weighted by Crippen LogP contribution is -2.61. The predicted octanol–water partition coefficient (Wildman–Crippen LogP) is -1.75. The third-order valence-electron chi connectivity index (χ3n) is 10.7. The van der Waals surface area contributed by atoms with Gasteiger partial charge in [-0.2, -0.15) is 0 Å². The van der Waals surface area contributed by atoms with Gasteiger partial charge < -0.3 is 63.9 Å². The lowest BCUT2D eigenvalue weighted by molar-refractivity contribution is -0.145. The van der Waals surface area contributed by atoms with E-state index in [2.05, 4.69) is 41.5 Å². The van der Waals surface area contributed by atoms with Crippen LogP contribution >= 0.6 is 0 Å². The highest BCUT2D eigenvalue weighted by Crippen LogP contribution is 2.21. The van der Waals surface area contributed by atoms with Crippen LogP contribution in [-0.4, -0.2) is 134 Å². The van der Waals surface area contributed by atoms with Crippen molar-refractivity contribution in [2.75, 3.05) is 13.1 Å². The number of aromatic amines is 1. The van der Waals surface area contributed by atoms with Gasteiger partial charge in [0.05, 0.1) is 18.8 Å². The van der Waals surface area contributed by atoms with Gasteiger partial charge in [-0.1, -0.05) is 64.4 Å². The highest BCUT2D eigenvalue weighted by Gasteiger charge is 2.41. The lowest BCUT2D eigenvalue weighted by atomic mass is 9.96. The first-order chi connectivity index (χ1) is 29.8. The first kappa shape index (κ1) is 50.8. The number of aromatic nitrogens is 2. The van der Waals surface area contributed by atoms with Crippen LogP contribution in [0.3, 0.4) is 0 Å². The quantitative estimate of drug-likeness (QED) is 0.0300. The smallest absolute Gasteiger partial charge is 0.326 e. The van der Waals surface area contributed by atoms with Gasteiger partial charge in [-0.05, 0) is 43.1 Å². The van der Waals surface area contributed by atoms with E-state index in [0.717, 1.165) is 0 Å². The van der Waals surface area contributed by atoms with E-state index in [9.17, 15) is 48.6 Å². The van der Waals surface area contributed by atoms with Crippen LogP contribution in [0.1, 0.15) is 77.5 Å². The summed E-state index contributed by atoms with van der Waals surface area (Å²) >= 11 is 0. The molecule has 1 saturated heterocycles. The number of nitrogens with one attached hydrogen (secondary N) is 6. The van der Waals surface area contributed by atoms with Crippen molar-refractivity contribution in [3.8, 4) is 0 Å². The van der Waals surface area contributed by atoms with E-state index in [0.29, 0.717) is 30.5 Å². The fourth-order valence-electron chi connectivity index (χ4n) is 6.95. The maximum absolute atomic E-state index is 14.3. The minimum Gasteiger partial charge on any atom is -0.481 e. The molecule has 6 amide bonds. The van der Waals surface area contributed by atoms with Crippen molar-refractivity contribution >= 4 is 53.3 Å². The number of rotatable bonds is 25. The molecular formula is C41H62N12O10. The Balaban J connectivity index is 1.80. The number of carbonyl (C=O) groups is 8. The minimum atomic E-state index is -1.71. The number of benzene rings is 1. The normalized spacial score (nSPS) is 16.9. The largest absolute Gasteiger partial charge is 0.481 e. The van der Waals surface area contributed by atoms with Crippen molar-refractivity contribution < 1.29 is 48.6 Å². The molecule has 8 atom stereocenters. The zero-order valence-electron chi connectivity index (χ0n) is 36.0. The molecule has 1 aliphatic heterocycles. The molecule has 22 heteroatoms. The molecule has 0 aliphatic carbocycles. The van der Waals surface area contributed by atoms with Gasteiger partial charge in [0.25, 0.3) is 0 Å². The van der Waals surface area contributed by atoms with E-state index < -0.39 is 108 Å². The molecule has 14 N–H and O–H groups in total. The standard InChI is InChI=1S/C41H62N12O10/c1-5-23(4)33(52-35(57)27(19-31(54)55)48-37(59)32(22(2)3)51-34(56)26(42)13-9-15-46-41(43)44)38(60)49-28(18-25-20-45-21-47-25)39(61)53-16-10-14-30(53)36(58)50-29(40(62)63)17-24-11-7-6-8-12-24/h6-8,11-12,20-23,26-30,32-33H,5,9-10,13-19,42H2,1-4H3,(H,45,47)(H,48,59)(H,49,60)(H,50,58)(H,51,56)(H,52,57)(H,54,55)(H,62,63)(H4,43,44,46)/t23-,26-,27-,28-,29-,30-,32-,33-/m0/s1. The Bertz CT molecular complexity index is 1910. The number of nitrogens with two attached hydrogens (primary N) is 3. The van der Waals surface area contributed by atoms with Crippen LogP contribution in [-0.2, 0) is 51.2 Å². The summed E-state index contributed by atoms with van der Waals surface area (Å²) in [5, 5.41) is 32.4. The van der Waals surface area contributed by atoms with E-state index in [1.54, 1.807) is 58.0 Å². The Hall–Kier alpha value is -6.58. The molecule has 0 bridgehead atoms. The monoisotopic (exact) mass is 882 g/mol. The molecule has 0 unspecified atom stereocenters. The molecule has 2 aromatic rings. The van der Waals surface area contributed by atoms with E-state index in [1.807, 2.05) is 0 Å². The van der Waals surface area contributed by atoms with Crippen molar-refractivity contribution in [1.82, 2.24) is 41.5 Å². The summed E-state index contributed by atoms with van der Waals surface area (Å²) in [6, 6.07) is -0.212. The molecule has 1 fully saturated rings. The Kier molecular flexibility index (Phi) is 20.0. The number of hydrogen-bond donors (Lipinski definition) is 11. The average Bonchev–Trinajstić information content (AvgIpc) is 3.95. The molecule has 2 heterocycles. The fourth-order valence-corrected chi connectivity index (χ4v) is 6.95. The number of aliphatic carboxylic acids is 2. The summed E-state index contributed by atoms with van der Waals surface area (Å²) in [6.07, 6.45) is 3.38. The van der Waals surface area contributed by atoms with Gasteiger partial charge in [0.1, 0.15) is 36.3 Å². The first-order valence-corrected chi connectivity index (χ1v) is 20.9. The maximum Gasteiger partial charge on any atom is 0.326 e. The number of carboxylic acids is 2. The number of guanidine groups is 1. The second kappa shape index (κ2) is 24.8. The highest BCUT2D eigenvalue weighted by atomic mass is 16.4. The second-order valence-electron chi connectivity index (χ2n) is 15.9. The van der Waals surface area contributed by atoms with E-state index in [-0.39, 0.29) is 44.7 Å². The third kappa shape index (κ3) is 16.0. The van der Waals surface area contributed by atoms with Crippen LogP contribution in [0.5, 0.6) is 0 Å².